The van der Waals surface area contributed by atoms with Gasteiger partial charge < -0.3 is 20.5 Å². The van der Waals surface area contributed by atoms with Gasteiger partial charge in [-0.15, -0.1) is 0 Å². The Hall–Kier alpha value is -1.46. The Morgan fingerprint density at radius 2 is 1.90 bits per heavy atom. The summed E-state index contributed by atoms with van der Waals surface area (Å²) in [7, 11) is 0. The van der Waals surface area contributed by atoms with Crippen molar-refractivity contribution in [2.75, 3.05) is 13.2 Å². The van der Waals surface area contributed by atoms with Crippen molar-refractivity contribution in [2.24, 2.45) is 0 Å². The summed E-state index contributed by atoms with van der Waals surface area (Å²) in [5, 5.41) is 15.7. The third-order valence-electron chi connectivity index (χ3n) is 3.50. The molecule has 0 heterocycles. The van der Waals surface area contributed by atoms with Crippen molar-refractivity contribution in [3.63, 3.8) is 0 Å². The zero-order chi connectivity index (χ0) is 15.1. The molecule has 0 aliphatic heterocycles. The molecule has 0 unspecified atom stereocenters. The summed E-state index contributed by atoms with van der Waals surface area (Å²) in [6.07, 6.45) is 2.96. The molecule has 0 saturated heterocycles. The minimum atomic E-state index is -0.209. The first-order valence-electron chi connectivity index (χ1n) is 7.24. The van der Waals surface area contributed by atoms with Crippen molar-refractivity contribution in [1.82, 2.24) is 10.6 Å². The standard InChI is InChI=1S/C15H21ClN2O3/c16-11-1-7-14(8-2-11)21-10-9-17-15(20)18-12-3-5-13(19)6-4-12/h1-2,7-8,12-13,19H,3-6,9-10H2,(H2,17,18,20). The first-order valence-corrected chi connectivity index (χ1v) is 7.62. The average Bonchev–Trinajstić information content (AvgIpc) is 2.48. The number of rotatable bonds is 5. The van der Waals surface area contributed by atoms with E-state index in [1.807, 2.05) is 0 Å². The summed E-state index contributed by atoms with van der Waals surface area (Å²) in [5.41, 5.74) is 0. The van der Waals surface area contributed by atoms with E-state index in [9.17, 15) is 9.90 Å². The first kappa shape index (κ1) is 15.9. The molecule has 0 spiro atoms. The summed E-state index contributed by atoms with van der Waals surface area (Å²) >= 11 is 5.78. The first-order chi connectivity index (χ1) is 10.1. The van der Waals surface area contributed by atoms with E-state index in [1.165, 1.54) is 0 Å². The van der Waals surface area contributed by atoms with Gasteiger partial charge in [0.25, 0.3) is 0 Å². The highest BCUT2D eigenvalue weighted by Crippen LogP contribution is 2.18. The Balaban J connectivity index is 1.58. The molecule has 1 aromatic rings. The zero-order valence-corrected chi connectivity index (χ0v) is 12.6. The Kier molecular flexibility index (Phi) is 6.14. The summed E-state index contributed by atoms with van der Waals surface area (Å²) in [4.78, 5) is 11.7. The van der Waals surface area contributed by atoms with Crippen LogP contribution in [0.4, 0.5) is 4.79 Å². The van der Waals surface area contributed by atoms with Gasteiger partial charge in [0, 0.05) is 11.1 Å². The normalized spacial score (nSPS) is 21.6. The molecule has 116 valence electrons. The maximum absolute atomic E-state index is 11.7. The number of aliphatic hydroxyl groups excluding tert-OH is 1. The van der Waals surface area contributed by atoms with Crippen LogP contribution < -0.4 is 15.4 Å². The fraction of sp³-hybridized carbons (Fsp3) is 0.533. The van der Waals surface area contributed by atoms with Gasteiger partial charge in [-0.1, -0.05) is 11.6 Å². The molecular formula is C15H21ClN2O3. The van der Waals surface area contributed by atoms with Crippen LogP contribution in [0.3, 0.4) is 0 Å². The number of urea groups is 1. The number of nitrogens with one attached hydrogen (secondary N) is 2. The molecule has 0 radical (unpaired) electrons. The molecule has 2 amide bonds. The molecule has 1 aliphatic rings. The van der Waals surface area contributed by atoms with Gasteiger partial charge in [-0.3, -0.25) is 0 Å². The van der Waals surface area contributed by atoms with Crippen LogP contribution >= 0.6 is 11.6 Å². The van der Waals surface area contributed by atoms with Crippen molar-refractivity contribution in [3.05, 3.63) is 29.3 Å². The fourth-order valence-electron chi connectivity index (χ4n) is 2.32. The van der Waals surface area contributed by atoms with E-state index in [-0.39, 0.29) is 18.2 Å². The molecule has 1 saturated carbocycles. The van der Waals surface area contributed by atoms with Crippen LogP contribution in [0.2, 0.25) is 5.02 Å². The lowest BCUT2D eigenvalue weighted by Gasteiger charge is -2.26. The maximum atomic E-state index is 11.7. The number of benzene rings is 1. The van der Waals surface area contributed by atoms with Crippen LogP contribution in [0.15, 0.2) is 24.3 Å². The van der Waals surface area contributed by atoms with E-state index in [4.69, 9.17) is 16.3 Å². The fourth-order valence-corrected chi connectivity index (χ4v) is 2.45. The number of halogens is 1. The Morgan fingerprint density at radius 3 is 2.57 bits per heavy atom. The molecule has 5 nitrogen and oxygen atoms in total. The van der Waals surface area contributed by atoms with Gasteiger partial charge >= 0.3 is 6.03 Å². The summed E-state index contributed by atoms with van der Waals surface area (Å²) in [5.74, 6) is 0.725. The minimum absolute atomic E-state index is 0.158. The molecule has 0 atom stereocenters. The van der Waals surface area contributed by atoms with E-state index in [0.717, 1.165) is 31.4 Å². The van der Waals surface area contributed by atoms with Crippen molar-refractivity contribution in [2.45, 2.75) is 37.8 Å². The second-order valence-electron chi connectivity index (χ2n) is 5.21. The van der Waals surface area contributed by atoms with Crippen LogP contribution in [0.25, 0.3) is 0 Å². The Bertz CT molecular complexity index is 445. The highest BCUT2D eigenvalue weighted by atomic mass is 35.5. The summed E-state index contributed by atoms with van der Waals surface area (Å²) in [6.45, 7) is 0.836. The molecule has 0 bridgehead atoms. The van der Waals surface area contributed by atoms with Crippen LogP contribution in [0.1, 0.15) is 25.7 Å². The van der Waals surface area contributed by atoms with Gasteiger partial charge in [0.15, 0.2) is 0 Å². The number of aliphatic hydroxyl groups is 1. The minimum Gasteiger partial charge on any atom is -0.492 e. The predicted octanol–water partition coefficient (Wildman–Crippen LogP) is 2.32. The molecule has 1 aromatic carbocycles. The third kappa shape index (κ3) is 5.81. The van der Waals surface area contributed by atoms with Gasteiger partial charge in [-0.25, -0.2) is 4.79 Å². The van der Waals surface area contributed by atoms with Gasteiger partial charge in [0.1, 0.15) is 12.4 Å². The molecule has 1 aliphatic carbocycles. The Labute approximate surface area is 129 Å². The molecule has 21 heavy (non-hydrogen) atoms. The lowest BCUT2D eigenvalue weighted by molar-refractivity contribution is 0.117. The largest absolute Gasteiger partial charge is 0.492 e. The monoisotopic (exact) mass is 312 g/mol. The molecule has 6 heteroatoms. The zero-order valence-electron chi connectivity index (χ0n) is 11.8. The SMILES string of the molecule is O=C(NCCOc1ccc(Cl)cc1)NC1CCC(O)CC1. The molecule has 2 rings (SSSR count). The van der Waals surface area contributed by atoms with Crippen LogP contribution in [-0.4, -0.2) is 36.4 Å². The van der Waals surface area contributed by atoms with Crippen LogP contribution in [0.5, 0.6) is 5.75 Å². The predicted molar refractivity (Wildman–Crippen MR) is 81.7 cm³/mol. The summed E-state index contributed by atoms with van der Waals surface area (Å²) in [6, 6.07) is 7.07. The van der Waals surface area contributed by atoms with E-state index < -0.39 is 0 Å². The number of hydrogen-bond donors (Lipinski definition) is 3. The van der Waals surface area contributed by atoms with E-state index in [0.29, 0.717) is 18.2 Å². The van der Waals surface area contributed by atoms with Gasteiger partial charge in [-0.2, -0.15) is 0 Å². The lowest BCUT2D eigenvalue weighted by atomic mass is 9.93. The second-order valence-corrected chi connectivity index (χ2v) is 5.64. The van der Waals surface area contributed by atoms with Crippen molar-refractivity contribution in [3.8, 4) is 5.75 Å². The molecule has 1 fully saturated rings. The summed E-state index contributed by atoms with van der Waals surface area (Å²) < 4.78 is 5.48. The topological polar surface area (TPSA) is 70.6 Å². The number of amides is 2. The van der Waals surface area contributed by atoms with Crippen LogP contribution in [-0.2, 0) is 0 Å². The number of carbonyl (C=O) groups excluding carboxylic acids is 1. The second kappa shape index (κ2) is 8.10. The lowest BCUT2D eigenvalue weighted by Crippen LogP contribution is -2.45. The molecule has 0 aromatic heterocycles. The number of ether oxygens (including phenoxy) is 1. The van der Waals surface area contributed by atoms with Gasteiger partial charge in [0.05, 0.1) is 12.6 Å². The Morgan fingerprint density at radius 1 is 1.24 bits per heavy atom. The quantitative estimate of drug-likeness (QED) is 0.731. The van der Waals surface area contributed by atoms with E-state index in [2.05, 4.69) is 10.6 Å². The number of hydrogen-bond acceptors (Lipinski definition) is 3. The van der Waals surface area contributed by atoms with Crippen molar-refractivity contribution in [1.29, 1.82) is 0 Å². The highest BCUT2D eigenvalue weighted by molar-refractivity contribution is 6.30. The molecular weight excluding hydrogens is 292 g/mol. The van der Waals surface area contributed by atoms with Crippen molar-refractivity contribution < 1.29 is 14.6 Å². The van der Waals surface area contributed by atoms with Gasteiger partial charge in [0.2, 0.25) is 0 Å². The van der Waals surface area contributed by atoms with E-state index in [1.54, 1.807) is 24.3 Å². The van der Waals surface area contributed by atoms with Crippen LogP contribution in [0, 0.1) is 0 Å². The smallest absolute Gasteiger partial charge is 0.315 e. The average molecular weight is 313 g/mol. The third-order valence-corrected chi connectivity index (χ3v) is 3.75. The molecule has 3 N–H and O–H groups in total. The highest BCUT2D eigenvalue weighted by Gasteiger charge is 2.20. The number of carbonyl (C=O) groups is 1. The van der Waals surface area contributed by atoms with E-state index >= 15 is 0 Å². The van der Waals surface area contributed by atoms with Crippen molar-refractivity contribution >= 4 is 17.6 Å². The van der Waals surface area contributed by atoms with Gasteiger partial charge in [-0.05, 0) is 49.9 Å². The maximum Gasteiger partial charge on any atom is 0.315 e.